The van der Waals surface area contributed by atoms with Crippen molar-refractivity contribution in [2.75, 3.05) is 13.1 Å². The quantitative estimate of drug-likeness (QED) is 0.531. The van der Waals surface area contributed by atoms with Crippen molar-refractivity contribution < 1.29 is 13.6 Å². The Hall–Kier alpha value is -2.06. The van der Waals surface area contributed by atoms with E-state index in [1.54, 1.807) is 6.07 Å². The highest BCUT2D eigenvalue weighted by molar-refractivity contribution is 7.10. The van der Waals surface area contributed by atoms with Crippen LogP contribution in [-0.2, 0) is 12.0 Å². The molecular formula is C24H34F2N4OS. The number of thiophene rings is 1. The highest BCUT2D eigenvalue weighted by Crippen LogP contribution is 2.44. The third-order valence-corrected chi connectivity index (χ3v) is 7.44. The molecule has 1 saturated heterocycles. The fourth-order valence-corrected chi connectivity index (χ4v) is 5.08. The number of carbonyl (C=O) groups is 1. The van der Waals surface area contributed by atoms with Crippen LogP contribution in [0.1, 0.15) is 56.7 Å². The number of halogens is 2. The molecule has 5 nitrogen and oxygen atoms in total. The van der Waals surface area contributed by atoms with Gasteiger partial charge in [0.2, 0.25) is 0 Å². The van der Waals surface area contributed by atoms with Gasteiger partial charge in [0.25, 0.3) is 0 Å². The molecule has 0 bridgehead atoms. The maximum absolute atomic E-state index is 15.7. The molecule has 0 unspecified atom stereocenters. The van der Waals surface area contributed by atoms with E-state index in [-0.39, 0.29) is 16.7 Å². The number of aromatic nitrogens is 1. The number of amides is 2. The molecule has 3 heterocycles. The number of hydrogen-bond donors (Lipinski definition) is 2. The Morgan fingerprint density at radius 2 is 2.03 bits per heavy atom. The number of likely N-dealkylation sites (tertiary alicyclic amines) is 1. The first-order valence-corrected chi connectivity index (χ1v) is 12.0. The summed E-state index contributed by atoms with van der Waals surface area (Å²) in [5.74, 6) is 0. The van der Waals surface area contributed by atoms with E-state index >= 15 is 4.39 Å². The average Bonchev–Trinajstić information content (AvgIpc) is 3.33. The van der Waals surface area contributed by atoms with E-state index in [0.717, 1.165) is 27.5 Å². The zero-order valence-corrected chi connectivity index (χ0v) is 20.4. The van der Waals surface area contributed by atoms with Gasteiger partial charge in [-0.15, -0.1) is 11.3 Å². The smallest absolute Gasteiger partial charge is 0.317 e. The molecule has 2 N–H and O–H groups in total. The second kappa shape index (κ2) is 9.83. The Bertz CT molecular complexity index is 915. The predicted octanol–water partition coefficient (Wildman–Crippen LogP) is 5.15. The van der Waals surface area contributed by atoms with Crippen molar-refractivity contribution in [1.82, 2.24) is 20.5 Å². The van der Waals surface area contributed by atoms with Gasteiger partial charge in [0.05, 0.1) is 0 Å². The lowest BCUT2D eigenvalue weighted by Gasteiger charge is -2.39. The van der Waals surface area contributed by atoms with Crippen LogP contribution in [0.25, 0.3) is 0 Å². The monoisotopic (exact) mass is 464 g/mol. The molecule has 2 amide bonds. The van der Waals surface area contributed by atoms with Crippen LogP contribution in [0.3, 0.4) is 0 Å². The Labute approximate surface area is 193 Å². The van der Waals surface area contributed by atoms with Crippen molar-refractivity contribution in [3.05, 3.63) is 51.7 Å². The number of alkyl halides is 1. The third kappa shape index (κ3) is 5.64. The third-order valence-electron chi connectivity index (χ3n) is 6.51. The number of hydrogen-bond acceptors (Lipinski definition) is 4. The van der Waals surface area contributed by atoms with E-state index in [1.807, 2.05) is 33.0 Å². The molecule has 176 valence electrons. The summed E-state index contributed by atoms with van der Waals surface area (Å²) in [6, 6.07) is 6.67. The summed E-state index contributed by atoms with van der Waals surface area (Å²) >= 11 is 1.10. The van der Waals surface area contributed by atoms with Crippen LogP contribution in [0.4, 0.5) is 13.6 Å². The number of pyridine rings is 1. The number of urea groups is 1. The van der Waals surface area contributed by atoms with Crippen molar-refractivity contribution in [2.24, 2.45) is 5.41 Å². The van der Waals surface area contributed by atoms with Gasteiger partial charge >= 0.3 is 6.03 Å². The van der Waals surface area contributed by atoms with E-state index in [1.165, 1.54) is 6.07 Å². The highest BCUT2D eigenvalue weighted by Gasteiger charge is 2.49. The molecule has 0 radical (unpaired) electrons. The van der Waals surface area contributed by atoms with Crippen molar-refractivity contribution in [1.29, 1.82) is 0 Å². The van der Waals surface area contributed by atoms with Gasteiger partial charge in [-0.3, -0.25) is 9.88 Å². The van der Waals surface area contributed by atoms with Crippen molar-refractivity contribution in [3.8, 4) is 0 Å². The summed E-state index contributed by atoms with van der Waals surface area (Å²) in [5.41, 5.74) is 0.925. The van der Waals surface area contributed by atoms with E-state index in [0.29, 0.717) is 32.4 Å². The predicted molar refractivity (Wildman–Crippen MR) is 125 cm³/mol. The Morgan fingerprint density at radius 1 is 1.28 bits per heavy atom. The minimum atomic E-state index is -1.51. The normalized spacial score (nSPS) is 20.5. The lowest BCUT2D eigenvalue weighted by molar-refractivity contribution is 0.0580. The van der Waals surface area contributed by atoms with Crippen molar-refractivity contribution >= 4 is 17.4 Å². The zero-order chi connectivity index (χ0) is 23.5. The van der Waals surface area contributed by atoms with Crippen LogP contribution >= 0.6 is 11.3 Å². The highest BCUT2D eigenvalue weighted by atomic mass is 32.1. The summed E-state index contributed by atoms with van der Waals surface area (Å²) in [5, 5.41) is 5.00. The first-order chi connectivity index (χ1) is 15.0. The number of nitrogens with one attached hydrogen (secondary N) is 2. The van der Waals surface area contributed by atoms with Crippen LogP contribution in [0.2, 0.25) is 0 Å². The molecule has 8 heteroatoms. The van der Waals surface area contributed by atoms with Gasteiger partial charge in [0, 0.05) is 40.3 Å². The summed E-state index contributed by atoms with van der Waals surface area (Å²) in [7, 11) is 0. The van der Waals surface area contributed by atoms with Gasteiger partial charge in [-0.25, -0.2) is 9.18 Å². The molecule has 1 aliphatic heterocycles. The molecule has 1 fully saturated rings. The SMILES string of the molecule is Cc1ccc(C(C)(C)N2CC[C@@](CCc3ccc(F)s3)([C@@H](F)NC(=O)NC(C)C)C2)cn1. The average molecular weight is 465 g/mol. The Kier molecular flexibility index (Phi) is 7.55. The van der Waals surface area contributed by atoms with Gasteiger partial charge in [-0.1, -0.05) is 6.07 Å². The van der Waals surface area contributed by atoms with E-state index in [4.69, 9.17) is 0 Å². The second-order valence-electron chi connectivity index (χ2n) is 9.62. The molecule has 32 heavy (non-hydrogen) atoms. The molecule has 3 rings (SSSR count). The maximum atomic E-state index is 15.7. The zero-order valence-electron chi connectivity index (χ0n) is 19.5. The van der Waals surface area contributed by atoms with Gasteiger partial charge in [0.15, 0.2) is 11.4 Å². The van der Waals surface area contributed by atoms with Gasteiger partial charge in [0.1, 0.15) is 0 Å². The largest absolute Gasteiger partial charge is 0.336 e. The number of aryl methyl sites for hydroxylation is 2. The molecule has 0 spiro atoms. The second-order valence-corrected chi connectivity index (χ2v) is 10.7. The van der Waals surface area contributed by atoms with Gasteiger partial charge < -0.3 is 10.6 Å². The Balaban J connectivity index is 1.80. The number of carbonyl (C=O) groups excluding carboxylic acids is 1. The first kappa shape index (κ1) is 24.6. The topological polar surface area (TPSA) is 57.3 Å². The van der Waals surface area contributed by atoms with Crippen molar-refractivity contribution in [3.63, 3.8) is 0 Å². The van der Waals surface area contributed by atoms with Crippen LogP contribution in [0.15, 0.2) is 30.5 Å². The molecule has 0 saturated carbocycles. The number of nitrogens with zero attached hydrogens (tertiary/aromatic N) is 2. The molecular weight excluding hydrogens is 430 g/mol. The lowest BCUT2D eigenvalue weighted by Crippen LogP contribution is -2.52. The fraction of sp³-hybridized carbons (Fsp3) is 0.583. The van der Waals surface area contributed by atoms with E-state index < -0.39 is 17.7 Å². The molecule has 2 atom stereocenters. The van der Waals surface area contributed by atoms with E-state index in [2.05, 4.69) is 40.4 Å². The molecule has 1 aliphatic rings. The summed E-state index contributed by atoms with van der Waals surface area (Å²) in [6.07, 6.45) is 2.07. The minimum Gasteiger partial charge on any atom is -0.336 e. The lowest BCUT2D eigenvalue weighted by atomic mass is 9.80. The molecule has 0 aliphatic carbocycles. The summed E-state index contributed by atoms with van der Waals surface area (Å²) in [6.45, 7) is 11.1. The summed E-state index contributed by atoms with van der Waals surface area (Å²) < 4.78 is 29.2. The van der Waals surface area contributed by atoms with Crippen LogP contribution in [0, 0.1) is 17.5 Å². The van der Waals surface area contributed by atoms with E-state index in [9.17, 15) is 9.18 Å². The first-order valence-electron chi connectivity index (χ1n) is 11.2. The summed E-state index contributed by atoms with van der Waals surface area (Å²) in [4.78, 5) is 19.8. The molecule has 2 aromatic heterocycles. The Morgan fingerprint density at radius 3 is 2.62 bits per heavy atom. The molecule has 0 aromatic carbocycles. The molecule has 2 aromatic rings. The van der Waals surface area contributed by atoms with Crippen molar-refractivity contribution in [2.45, 2.75) is 71.8 Å². The standard InChI is InChI=1S/C24H34F2N4OS/c1-16(2)28-22(31)29-21(26)24(11-10-19-8-9-20(25)32-19)12-13-30(15-24)23(4,5)18-7-6-17(3)27-14-18/h6-9,14,16,21H,10-13,15H2,1-5H3,(H2,28,29,31)/t21-,24+/m0/s1. The fourth-order valence-electron chi connectivity index (χ4n) is 4.35. The van der Waals surface area contributed by atoms with Gasteiger partial charge in [-0.05, 0) is 84.2 Å². The van der Waals surface area contributed by atoms with Crippen LogP contribution in [-0.4, -0.2) is 41.3 Å². The van der Waals surface area contributed by atoms with Crippen LogP contribution < -0.4 is 10.6 Å². The minimum absolute atomic E-state index is 0.0831. The van der Waals surface area contributed by atoms with Gasteiger partial charge in [-0.2, -0.15) is 4.39 Å². The van der Waals surface area contributed by atoms with Crippen LogP contribution in [0.5, 0.6) is 0 Å². The number of rotatable bonds is 8. The maximum Gasteiger partial charge on any atom is 0.317 e.